The van der Waals surface area contributed by atoms with Gasteiger partial charge in [0.15, 0.2) is 0 Å². The van der Waals surface area contributed by atoms with Gasteiger partial charge in [0.25, 0.3) is 5.91 Å². The highest BCUT2D eigenvalue weighted by Gasteiger charge is 2.18. The number of hydrogen-bond acceptors (Lipinski definition) is 3. The van der Waals surface area contributed by atoms with Crippen molar-refractivity contribution in [3.05, 3.63) is 99.5 Å². The van der Waals surface area contributed by atoms with E-state index >= 15 is 0 Å². The molecule has 0 unspecified atom stereocenters. The van der Waals surface area contributed by atoms with Crippen molar-refractivity contribution in [1.29, 1.82) is 0 Å². The van der Waals surface area contributed by atoms with E-state index < -0.39 is 10.0 Å². The van der Waals surface area contributed by atoms with Crippen LogP contribution in [0.5, 0.6) is 0 Å². The molecule has 0 aliphatic heterocycles. The van der Waals surface area contributed by atoms with E-state index in [1.165, 1.54) is 4.31 Å². The van der Waals surface area contributed by atoms with Gasteiger partial charge in [0.1, 0.15) is 0 Å². The smallest absolute Gasteiger partial charge is 0.251 e. The quantitative estimate of drug-likeness (QED) is 0.500. The maximum absolute atomic E-state index is 12.4. The molecule has 0 spiro atoms. The van der Waals surface area contributed by atoms with Crippen molar-refractivity contribution in [3.8, 4) is 0 Å². The molecule has 0 radical (unpaired) electrons. The van der Waals surface area contributed by atoms with Crippen LogP contribution in [0.3, 0.4) is 0 Å². The number of halogens is 2. The monoisotopic (exact) mass is 476 g/mol. The van der Waals surface area contributed by atoms with Crippen LogP contribution >= 0.6 is 23.2 Å². The summed E-state index contributed by atoms with van der Waals surface area (Å²) in [6.45, 7) is 0.650. The molecule has 0 saturated carbocycles. The lowest BCUT2D eigenvalue weighted by atomic mass is 10.1. The minimum Gasteiger partial charge on any atom is -0.352 e. The average molecular weight is 477 g/mol. The van der Waals surface area contributed by atoms with E-state index in [1.54, 1.807) is 48.5 Å². The van der Waals surface area contributed by atoms with Crippen LogP contribution in [0.15, 0.2) is 72.8 Å². The number of carbonyl (C=O) groups is 1. The Kier molecular flexibility index (Phi) is 7.59. The van der Waals surface area contributed by atoms with Gasteiger partial charge in [-0.15, -0.1) is 0 Å². The highest BCUT2D eigenvalue weighted by atomic mass is 35.5. The zero-order chi connectivity index (χ0) is 22.4. The molecule has 0 fully saturated rings. The summed E-state index contributed by atoms with van der Waals surface area (Å²) in [5, 5.41) is 4.13. The van der Waals surface area contributed by atoms with Gasteiger partial charge in [-0.25, -0.2) is 8.42 Å². The summed E-state index contributed by atoms with van der Waals surface area (Å²) in [6, 6.07) is 21.0. The van der Waals surface area contributed by atoms with E-state index in [4.69, 9.17) is 23.2 Å². The minimum absolute atomic E-state index is 0.169. The van der Waals surface area contributed by atoms with Gasteiger partial charge in [-0.2, -0.15) is 0 Å². The third kappa shape index (κ3) is 6.72. The second-order valence-corrected chi connectivity index (χ2v) is 9.86. The molecule has 0 saturated heterocycles. The first-order chi connectivity index (χ1) is 14.7. The summed E-state index contributed by atoms with van der Waals surface area (Å²) in [4.78, 5) is 12.4. The molecule has 0 aliphatic rings. The fourth-order valence-corrected chi connectivity index (χ4v) is 4.15. The third-order valence-corrected chi connectivity index (χ3v) is 6.31. The molecule has 0 heterocycles. The van der Waals surface area contributed by atoms with E-state index in [9.17, 15) is 13.2 Å². The molecule has 162 valence electrons. The van der Waals surface area contributed by atoms with Crippen molar-refractivity contribution in [1.82, 2.24) is 5.32 Å². The lowest BCUT2D eigenvalue weighted by Gasteiger charge is -2.23. The largest absolute Gasteiger partial charge is 0.352 e. The number of benzene rings is 3. The van der Waals surface area contributed by atoms with Crippen LogP contribution in [0.1, 0.15) is 21.5 Å². The van der Waals surface area contributed by atoms with Crippen LogP contribution in [0.4, 0.5) is 5.69 Å². The third-order valence-electron chi connectivity index (χ3n) is 4.67. The Balaban J connectivity index is 1.65. The van der Waals surface area contributed by atoms with Crippen molar-refractivity contribution >= 4 is 44.8 Å². The maximum Gasteiger partial charge on any atom is 0.251 e. The Morgan fingerprint density at radius 1 is 0.839 bits per heavy atom. The average Bonchev–Trinajstić information content (AvgIpc) is 2.74. The molecule has 1 N–H and O–H groups in total. The number of nitrogens with zero attached hydrogens (tertiary/aromatic N) is 1. The Bertz CT molecular complexity index is 1130. The van der Waals surface area contributed by atoms with Gasteiger partial charge < -0.3 is 5.32 Å². The number of carbonyl (C=O) groups excluding carboxylic acids is 1. The van der Waals surface area contributed by atoms with Crippen molar-refractivity contribution in [2.75, 3.05) is 17.1 Å². The van der Waals surface area contributed by atoms with Gasteiger partial charge in [0.05, 0.1) is 18.5 Å². The minimum atomic E-state index is -3.52. The molecule has 0 aliphatic carbocycles. The first-order valence-electron chi connectivity index (χ1n) is 9.57. The van der Waals surface area contributed by atoms with Crippen LogP contribution in [0.2, 0.25) is 10.0 Å². The Morgan fingerprint density at radius 2 is 1.35 bits per heavy atom. The topological polar surface area (TPSA) is 66.5 Å². The van der Waals surface area contributed by atoms with Gasteiger partial charge in [-0.1, -0.05) is 47.5 Å². The van der Waals surface area contributed by atoms with Crippen molar-refractivity contribution in [2.24, 2.45) is 0 Å². The predicted molar refractivity (Wildman–Crippen MR) is 126 cm³/mol. The molecule has 3 aromatic carbocycles. The summed E-state index contributed by atoms with van der Waals surface area (Å²) in [6.07, 6.45) is 1.84. The van der Waals surface area contributed by atoms with Crippen molar-refractivity contribution < 1.29 is 13.2 Å². The molecular formula is C23H22Cl2N2O3S. The first-order valence-corrected chi connectivity index (χ1v) is 12.2. The van der Waals surface area contributed by atoms with E-state index in [1.807, 2.05) is 24.3 Å². The van der Waals surface area contributed by atoms with Gasteiger partial charge in [-0.05, 0) is 66.1 Å². The number of amides is 1. The molecule has 0 atom stereocenters. The van der Waals surface area contributed by atoms with Crippen LogP contribution in [0, 0.1) is 0 Å². The van der Waals surface area contributed by atoms with Crippen LogP contribution in [-0.4, -0.2) is 27.1 Å². The standard InChI is InChI=1S/C23H22Cl2N2O3S/c1-31(29,30)27(16-18-4-10-21(25)11-5-18)22-12-6-19(7-13-22)23(28)26-15-14-17-2-8-20(24)9-3-17/h2-13H,14-16H2,1H3,(H,26,28). The van der Waals surface area contributed by atoms with E-state index in [0.29, 0.717) is 34.3 Å². The number of nitrogens with one attached hydrogen (secondary N) is 1. The van der Waals surface area contributed by atoms with Crippen LogP contribution < -0.4 is 9.62 Å². The molecule has 3 aromatic rings. The fraction of sp³-hybridized carbons (Fsp3) is 0.174. The van der Waals surface area contributed by atoms with Crippen molar-refractivity contribution in [3.63, 3.8) is 0 Å². The number of rotatable bonds is 8. The number of sulfonamides is 1. The van der Waals surface area contributed by atoms with E-state index in [2.05, 4.69) is 5.32 Å². The highest BCUT2D eigenvalue weighted by molar-refractivity contribution is 7.92. The molecule has 31 heavy (non-hydrogen) atoms. The number of hydrogen-bond donors (Lipinski definition) is 1. The summed E-state index contributed by atoms with van der Waals surface area (Å²) >= 11 is 11.8. The normalized spacial score (nSPS) is 11.2. The molecule has 5 nitrogen and oxygen atoms in total. The Labute approximate surface area is 192 Å². The molecule has 0 bridgehead atoms. The molecule has 1 amide bonds. The van der Waals surface area contributed by atoms with Crippen LogP contribution in [0.25, 0.3) is 0 Å². The second-order valence-electron chi connectivity index (χ2n) is 7.08. The lowest BCUT2D eigenvalue weighted by Crippen LogP contribution is -2.29. The predicted octanol–water partition coefficient (Wildman–Crippen LogP) is 4.93. The van der Waals surface area contributed by atoms with Gasteiger partial charge in [-0.3, -0.25) is 9.10 Å². The summed E-state index contributed by atoms with van der Waals surface area (Å²) in [5.41, 5.74) is 2.82. The van der Waals surface area contributed by atoms with E-state index in [-0.39, 0.29) is 12.5 Å². The Hall–Kier alpha value is -2.54. The SMILES string of the molecule is CS(=O)(=O)N(Cc1ccc(Cl)cc1)c1ccc(C(=O)NCCc2ccc(Cl)cc2)cc1. The van der Waals surface area contributed by atoms with E-state index in [0.717, 1.165) is 17.4 Å². The fourth-order valence-electron chi connectivity index (χ4n) is 3.01. The van der Waals surface area contributed by atoms with Gasteiger partial charge in [0, 0.05) is 22.2 Å². The summed E-state index contributed by atoms with van der Waals surface area (Å²) < 4.78 is 26.0. The number of anilines is 1. The second kappa shape index (κ2) is 10.2. The first kappa shape index (κ1) is 23.1. The van der Waals surface area contributed by atoms with Gasteiger partial charge >= 0.3 is 0 Å². The molecular weight excluding hydrogens is 455 g/mol. The van der Waals surface area contributed by atoms with Gasteiger partial charge in [0.2, 0.25) is 10.0 Å². The zero-order valence-electron chi connectivity index (χ0n) is 16.9. The summed E-state index contributed by atoms with van der Waals surface area (Å²) in [5.74, 6) is -0.218. The summed E-state index contributed by atoms with van der Waals surface area (Å²) in [7, 11) is -3.52. The maximum atomic E-state index is 12.4. The van der Waals surface area contributed by atoms with Crippen molar-refractivity contribution in [2.45, 2.75) is 13.0 Å². The Morgan fingerprint density at radius 3 is 1.87 bits per heavy atom. The lowest BCUT2D eigenvalue weighted by molar-refractivity contribution is 0.0954. The highest BCUT2D eigenvalue weighted by Crippen LogP contribution is 2.22. The molecule has 3 rings (SSSR count). The molecule has 8 heteroatoms. The van der Waals surface area contributed by atoms with Crippen LogP contribution in [-0.2, 0) is 23.0 Å². The zero-order valence-corrected chi connectivity index (χ0v) is 19.2. The molecule has 0 aromatic heterocycles.